The lowest BCUT2D eigenvalue weighted by atomic mass is 10.1. The number of aryl methyl sites for hydroxylation is 1. The molecule has 4 aliphatic heterocycles. The molecule has 10 nitrogen and oxygen atoms in total. The number of ether oxygens (including phenoxy) is 4. The van der Waals surface area contributed by atoms with Crippen LogP contribution in [0.25, 0.3) is 0 Å². The molecule has 2 saturated heterocycles. The molecule has 0 bridgehead atoms. The smallest absolute Gasteiger partial charge is 0.253 e. The van der Waals surface area contributed by atoms with Crippen LogP contribution in [0.2, 0.25) is 0 Å². The van der Waals surface area contributed by atoms with Gasteiger partial charge in [0.25, 0.3) is 11.8 Å². The number of amides is 2. The molecule has 0 unspecified atom stereocenters. The third kappa shape index (κ3) is 6.91. The monoisotopic (exact) mass is 590 g/mol. The van der Waals surface area contributed by atoms with Gasteiger partial charge >= 0.3 is 0 Å². The second kappa shape index (κ2) is 13.9. The number of carbonyl (C=O) groups is 2. The molecule has 0 aliphatic carbocycles. The first-order chi connectivity index (χ1) is 20.9. The van der Waals surface area contributed by atoms with Gasteiger partial charge in [0.15, 0.2) is 11.5 Å². The van der Waals surface area contributed by atoms with Gasteiger partial charge in [-0.05, 0) is 43.9 Å². The lowest BCUT2D eigenvalue weighted by molar-refractivity contribution is -0.114. The topological polar surface area (TPSA) is 84.0 Å². The largest absolute Gasteiger partial charge is 0.493 e. The number of morpholine rings is 1. The van der Waals surface area contributed by atoms with Gasteiger partial charge in [0.05, 0.1) is 53.3 Å². The Hall–Kier alpha value is -4.18. The molecule has 2 aromatic carbocycles. The third-order valence-electron chi connectivity index (χ3n) is 8.21. The maximum Gasteiger partial charge on any atom is 0.253 e. The van der Waals surface area contributed by atoms with Gasteiger partial charge in [-0.15, -0.1) is 0 Å². The van der Waals surface area contributed by atoms with Gasteiger partial charge in [-0.3, -0.25) is 9.59 Å². The van der Waals surface area contributed by atoms with Gasteiger partial charge in [-0.25, -0.2) is 0 Å². The van der Waals surface area contributed by atoms with Gasteiger partial charge in [0.1, 0.15) is 0 Å². The van der Waals surface area contributed by atoms with Crippen molar-refractivity contribution >= 4 is 23.2 Å². The molecule has 6 rings (SSSR count). The summed E-state index contributed by atoms with van der Waals surface area (Å²) >= 11 is 0. The zero-order valence-electron chi connectivity index (χ0n) is 25.6. The van der Waals surface area contributed by atoms with Crippen molar-refractivity contribution in [3.63, 3.8) is 0 Å². The Balaban J connectivity index is 0.000000176. The fourth-order valence-electron chi connectivity index (χ4n) is 5.88. The number of carbonyl (C=O) groups excluding carboxylic acids is 2. The molecule has 0 radical (unpaired) electrons. The molecule has 43 heavy (non-hydrogen) atoms. The molecule has 4 heterocycles. The highest BCUT2D eigenvalue weighted by Gasteiger charge is 2.29. The van der Waals surface area contributed by atoms with Crippen molar-refractivity contribution in [3.05, 3.63) is 65.5 Å². The zero-order chi connectivity index (χ0) is 30.3. The van der Waals surface area contributed by atoms with E-state index >= 15 is 0 Å². The summed E-state index contributed by atoms with van der Waals surface area (Å²) in [5.74, 6) is 1.63. The van der Waals surface area contributed by atoms with Crippen LogP contribution in [0.3, 0.4) is 0 Å². The lowest BCUT2D eigenvalue weighted by Gasteiger charge is -2.30. The van der Waals surface area contributed by atoms with Crippen LogP contribution in [-0.4, -0.2) is 95.4 Å². The SMILES string of the molecule is COc1cc(N2CC(N3CCOCC3)=CC2=O)cc(OC)c1OC.Cc1cccc(N2CC(N3CCCCC3)=CC2=O)c1. The van der Waals surface area contributed by atoms with Crippen LogP contribution < -0.4 is 24.0 Å². The van der Waals surface area contributed by atoms with Crippen molar-refractivity contribution in [2.75, 3.05) is 83.6 Å². The summed E-state index contributed by atoms with van der Waals surface area (Å²) in [5.41, 5.74) is 5.11. The van der Waals surface area contributed by atoms with E-state index in [1.54, 1.807) is 44.4 Å². The average Bonchev–Trinajstić information content (AvgIpc) is 3.64. The minimum absolute atomic E-state index is 0.0502. The summed E-state index contributed by atoms with van der Waals surface area (Å²) in [6, 6.07) is 11.7. The molecule has 2 fully saturated rings. The number of nitrogens with zero attached hydrogens (tertiary/aromatic N) is 4. The normalized spacial score (nSPS) is 18.7. The number of likely N-dealkylation sites (tertiary alicyclic amines) is 1. The van der Waals surface area contributed by atoms with Crippen LogP contribution in [-0.2, 0) is 14.3 Å². The molecule has 2 aromatic rings. The Morgan fingerprint density at radius 2 is 1.23 bits per heavy atom. The van der Waals surface area contributed by atoms with Crippen LogP contribution in [0.5, 0.6) is 17.2 Å². The summed E-state index contributed by atoms with van der Waals surface area (Å²) in [6.07, 6.45) is 7.31. The van der Waals surface area contributed by atoms with Crippen LogP contribution in [0.1, 0.15) is 24.8 Å². The van der Waals surface area contributed by atoms with Crippen molar-refractivity contribution in [3.8, 4) is 17.2 Å². The lowest BCUT2D eigenvalue weighted by Crippen LogP contribution is -2.37. The number of rotatable bonds is 7. The Kier molecular flexibility index (Phi) is 9.76. The molecule has 4 aliphatic rings. The molecule has 0 aromatic heterocycles. The number of hydrogen-bond donors (Lipinski definition) is 0. The summed E-state index contributed by atoms with van der Waals surface area (Å²) in [6.45, 7) is 8.50. The van der Waals surface area contributed by atoms with Gasteiger partial charge in [-0.2, -0.15) is 0 Å². The van der Waals surface area contributed by atoms with Gasteiger partial charge < -0.3 is 38.5 Å². The van der Waals surface area contributed by atoms with Crippen molar-refractivity contribution in [2.24, 2.45) is 0 Å². The van der Waals surface area contributed by atoms with E-state index in [1.807, 2.05) is 23.1 Å². The Bertz CT molecular complexity index is 1350. The van der Waals surface area contributed by atoms with E-state index in [0.29, 0.717) is 42.7 Å². The molecule has 0 spiro atoms. The number of benzene rings is 2. The minimum atomic E-state index is -0.0502. The molecule has 230 valence electrons. The summed E-state index contributed by atoms with van der Waals surface area (Å²) in [7, 11) is 4.67. The second-order valence-electron chi connectivity index (χ2n) is 11.0. The van der Waals surface area contributed by atoms with Crippen molar-refractivity contribution in [1.82, 2.24) is 9.80 Å². The predicted octanol–water partition coefficient (Wildman–Crippen LogP) is 3.99. The Morgan fingerprint density at radius 3 is 1.77 bits per heavy atom. The van der Waals surface area contributed by atoms with E-state index in [1.165, 1.54) is 30.5 Å². The van der Waals surface area contributed by atoms with Crippen LogP contribution in [0.4, 0.5) is 11.4 Å². The van der Waals surface area contributed by atoms with E-state index in [-0.39, 0.29) is 11.8 Å². The Labute approximate surface area is 254 Å². The van der Waals surface area contributed by atoms with Crippen molar-refractivity contribution < 1.29 is 28.5 Å². The van der Waals surface area contributed by atoms with E-state index in [2.05, 4.69) is 28.9 Å². The standard InChI is InChI=1S/C17H22N2O5.C16H20N2O/c1-21-14-8-12(9-15(22-2)17(14)23-3)19-11-13(10-16(19)20)18-4-6-24-7-5-18;1-13-6-5-7-14(10-13)18-12-15(11-16(18)19)17-8-3-2-4-9-17/h8-10H,4-7,11H2,1-3H3;5-7,10-11H,2-4,8-9,12H2,1H3. The minimum Gasteiger partial charge on any atom is -0.493 e. The van der Waals surface area contributed by atoms with E-state index in [9.17, 15) is 9.59 Å². The molecule has 0 saturated carbocycles. The molecular weight excluding hydrogens is 548 g/mol. The van der Waals surface area contributed by atoms with Gasteiger partial charge in [0, 0.05) is 67.5 Å². The zero-order valence-corrected chi connectivity index (χ0v) is 25.6. The number of anilines is 2. The summed E-state index contributed by atoms with van der Waals surface area (Å²) < 4.78 is 21.4. The number of hydrogen-bond acceptors (Lipinski definition) is 8. The highest BCUT2D eigenvalue weighted by molar-refractivity contribution is 6.05. The van der Waals surface area contributed by atoms with E-state index in [4.69, 9.17) is 18.9 Å². The van der Waals surface area contributed by atoms with Crippen LogP contribution in [0.15, 0.2) is 59.9 Å². The maximum absolute atomic E-state index is 12.5. The van der Waals surface area contributed by atoms with Crippen LogP contribution >= 0.6 is 0 Å². The maximum atomic E-state index is 12.5. The molecule has 2 amide bonds. The molecule has 10 heteroatoms. The van der Waals surface area contributed by atoms with Crippen molar-refractivity contribution in [1.29, 1.82) is 0 Å². The quantitative estimate of drug-likeness (QED) is 0.479. The molecule has 0 atom stereocenters. The fraction of sp³-hybridized carbons (Fsp3) is 0.455. The molecular formula is C33H42N4O6. The molecule has 0 N–H and O–H groups in total. The fourth-order valence-corrected chi connectivity index (χ4v) is 5.88. The van der Waals surface area contributed by atoms with E-state index in [0.717, 1.165) is 44.1 Å². The van der Waals surface area contributed by atoms with Crippen LogP contribution in [0, 0.1) is 6.92 Å². The second-order valence-corrected chi connectivity index (χ2v) is 11.0. The van der Waals surface area contributed by atoms with Gasteiger partial charge in [-0.1, -0.05) is 12.1 Å². The first-order valence-electron chi connectivity index (χ1n) is 14.9. The first-order valence-corrected chi connectivity index (χ1v) is 14.9. The average molecular weight is 591 g/mol. The Morgan fingerprint density at radius 1 is 0.674 bits per heavy atom. The predicted molar refractivity (Wildman–Crippen MR) is 166 cm³/mol. The van der Waals surface area contributed by atoms with E-state index < -0.39 is 0 Å². The summed E-state index contributed by atoms with van der Waals surface area (Å²) in [5, 5.41) is 0. The highest BCUT2D eigenvalue weighted by atomic mass is 16.5. The number of methoxy groups -OCH3 is 3. The van der Waals surface area contributed by atoms with Gasteiger partial charge in [0.2, 0.25) is 5.75 Å². The third-order valence-corrected chi connectivity index (χ3v) is 8.21. The van der Waals surface area contributed by atoms with Crippen molar-refractivity contribution in [2.45, 2.75) is 26.2 Å². The first kappa shape index (κ1) is 30.3. The highest BCUT2D eigenvalue weighted by Crippen LogP contribution is 2.42. The number of piperidine rings is 1. The summed E-state index contributed by atoms with van der Waals surface area (Å²) in [4.78, 5) is 32.8.